The summed E-state index contributed by atoms with van der Waals surface area (Å²) >= 11 is 0. The zero-order valence-corrected chi connectivity index (χ0v) is 51.9. The number of nitrogens with two attached hydrogens (primary N) is 3. The molecule has 494 valence electrons. The SMILES string of the molecule is CC(C)C[C@H](NC(=O)[C@H](CO)NC(=O)[C@H](C)NC(=O)[C@H](Cc1c[nH]c2ccccc12)NC(=O)[C@H](CCCCN)NC(=O)[C@H](CC(=O)O)NC(=O)[C@H](CC(C)C)NC(=O)[C@H](CCC(=O)O)NC(=O)[C@@H](N)CC(C)C)C(=O)N[C@@H](Cc1c[nH]c2ccccc12)C(N)=O. The summed E-state index contributed by atoms with van der Waals surface area (Å²) < 4.78 is 0. The summed E-state index contributed by atoms with van der Waals surface area (Å²) in [5.41, 5.74) is 20.2. The van der Waals surface area contributed by atoms with Crippen molar-refractivity contribution in [2.75, 3.05) is 13.2 Å². The smallest absolute Gasteiger partial charge is 0.305 e. The number of aromatic amines is 2. The number of carboxylic acid groups (broad SMARTS) is 2. The Morgan fingerprint density at radius 1 is 0.456 bits per heavy atom. The van der Waals surface area contributed by atoms with E-state index in [0.717, 1.165) is 10.9 Å². The molecule has 2 heterocycles. The van der Waals surface area contributed by atoms with Gasteiger partial charge in [0.2, 0.25) is 59.1 Å². The molecule has 0 unspecified atom stereocenters. The van der Waals surface area contributed by atoms with Crippen LogP contribution in [-0.4, -0.2) is 170 Å². The first-order valence-electron chi connectivity index (χ1n) is 30.1. The van der Waals surface area contributed by atoms with E-state index in [-0.39, 0.29) is 75.7 Å². The molecule has 0 saturated heterocycles. The van der Waals surface area contributed by atoms with Gasteiger partial charge in [-0.25, -0.2) is 0 Å². The third kappa shape index (κ3) is 23.5. The fraction of sp³-hybridized carbons (Fsp3) is 0.541. The molecule has 2 aromatic heterocycles. The number of aromatic nitrogens is 2. The van der Waals surface area contributed by atoms with Crippen molar-refractivity contribution in [3.63, 3.8) is 0 Å². The number of hydrogen-bond acceptors (Lipinski definition) is 15. The molecule has 0 spiro atoms. The lowest BCUT2D eigenvalue weighted by molar-refractivity contribution is -0.142. The first kappa shape index (κ1) is 73.5. The molecule has 4 aromatic rings. The van der Waals surface area contributed by atoms with Gasteiger partial charge in [-0.3, -0.25) is 57.5 Å². The Kier molecular flexibility index (Phi) is 29.3. The third-order valence-electron chi connectivity index (χ3n) is 14.7. The number of primary amides is 1. The number of para-hydroxylation sites is 2. The topological polar surface area (TPSA) is 483 Å². The van der Waals surface area contributed by atoms with Crippen LogP contribution in [0, 0.1) is 17.8 Å². The molecule has 2 aromatic carbocycles. The molecule has 0 aliphatic carbocycles. The van der Waals surface area contributed by atoms with Gasteiger partial charge in [-0.1, -0.05) is 77.9 Å². The Bertz CT molecular complexity index is 3140. The number of unbranched alkanes of at least 4 members (excludes halogenated alkanes) is 1. The maximum absolute atomic E-state index is 14.5. The highest BCUT2D eigenvalue weighted by atomic mass is 16.4. The maximum Gasteiger partial charge on any atom is 0.305 e. The molecule has 10 atom stereocenters. The van der Waals surface area contributed by atoms with E-state index in [4.69, 9.17) is 17.2 Å². The fourth-order valence-electron chi connectivity index (χ4n) is 9.96. The molecule has 0 radical (unpaired) electrons. The number of aliphatic carboxylic acids is 2. The number of carboxylic acids is 2. The molecule has 0 saturated carbocycles. The van der Waals surface area contributed by atoms with Crippen molar-refractivity contribution in [3.8, 4) is 0 Å². The van der Waals surface area contributed by atoms with E-state index in [1.54, 1.807) is 64.4 Å². The van der Waals surface area contributed by atoms with Crippen LogP contribution in [0.1, 0.15) is 117 Å². The Morgan fingerprint density at radius 2 is 0.856 bits per heavy atom. The van der Waals surface area contributed by atoms with Crippen molar-refractivity contribution < 1.29 is 72.9 Å². The second kappa shape index (κ2) is 35.9. The summed E-state index contributed by atoms with van der Waals surface area (Å²) in [4.78, 5) is 168. The largest absolute Gasteiger partial charge is 0.481 e. The van der Waals surface area contributed by atoms with E-state index >= 15 is 0 Å². The van der Waals surface area contributed by atoms with Gasteiger partial charge in [0.1, 0.15) is 54.4 Å². The molecule has 29 heteroatoms. The maximum atomic E-state index is 14.5. The minimum Gasteiger partial charge on any atom is -0.481 e. The number of hydrogen-bond donors (Lipinski definition) is 17. The quantitative estimate of drug-likeness (QED) is 0.0244. The van der Waals surface area contributed by atoms with Gasteiger partial charge in [-0.05, 0) is 99.4 Å². The number of amides is 10. The van der Waals surface area contributed by atoms with Crippen LogP contribution in [-0.2, 0) is 70.4 Å². The predicted molar refractivity (Wildman–Crippen MR) is 332 cm³/mol. The van der Waals surface area contributed by atoms with E-state index in [1.807, 2.05) is 38.1 Å². The summed E-state index contributed by atoms with van der Waals surface area (Å²) in [6.45, 7) is 11.1. The van der Waals surface area contributed by atoms with Crippen LogP contribution in [0.4, 0.5) is 0 Å². The summed E-state index contributed by atoms with van der Waals surface area (Å²) in [6, 6.07) is -0.135. The Balaban J connectivity index is 1.55. The lowest BCUT2D eigenvalue weighted by Gasteiger charge is -2.28. The van der Waals surface area contributed by atoms with Gasteiger partial charge in [-0.15, -0.1) is 0 Å². The molecule has 20 N–H and O–H groups in total. The van der Waals surface area contributed by atoms with E-state index in [0.29, 0.717) is 28.5 Å². The zero-order chi connectivity index (χ0) is 66.9. The lowest BCUT2D eigenvalue weighted by atomic mass is 10.0. The normalized spacial score (nSPS) is 14.8. The highest BCUT2D eigenvalue weighted by Gasteiger charge is 2.36. The van der Waals surface area contributed by atoms with Crippen LogP contribution in [0.5, 0.6) is 0 Å². The summed E-state index contributed by atoms with van der Waals surface area (Å²) in [7, 11) is 0. The highest BCUT2D eigenvalue weighted by Crippen LogP contribution is 2.22. The van der Waals surface area contributed by atoms with Gasteiger partial charge in [0.25, 0.3) is 0 Å². The molecule has 4 rings (SSSR count). The molecule has 90 heavy (non-hydrogen) atoms. The lowest BCUT2D eigenvalue weighted by Crippen LogP contribution is -2.61. The molecular formula is C61H90N14O15. The predicted octanol–water partition coefficient (Wildman–Crippen LogP) is -0.771. The molecule has 0 aliphatic rings. The van der Waals surface area contributed by atoms with Gasteiger partial charge >= 0.3 is 11.9 Å². The van der Waals surface area contributed by atoms with Gasteiger partial charge in [-0.2, -0.15) is 0 Å². The Morgan fingerprint density at radius 3 is 1.33 bits per heavy atom. The van der Waals surface area contributed by atoms with Gasteiger partial charge in [0, 0.05) is 53.5 Å². The number of benzene rings is 2. The van der Waals surface area contributed by atoms with Crippen LogP contribution >= 0.6 is 0 Å². The number of aliphatic hydroxyl groups is 1. The Hall–Kier alpha value is -8.96. The molecule has 29 nitrogen and oxygen atoms in total. The number of carbonyl (C=O) groups is 12. The van der Waals surface area contributed by atoms with Crippen molar-refractivity contribution in [3.05, 3.63) is 72.1 Å². The third-order valence-corrected chi connectivity index (χ3v) is 14.7. The summed E-state index contributed by atoms with van der Waals surface area (Å²) in [5, 5.41) is 53.8. The fourth-order valence-corrected chi connectivity index (χ4v) is 9.96. The number of aliphatic hydroxyl groups excluding tert-OH is 1. The monoisotopic (exact) mass is 1260 g/mol. The first-order chi connectivity index (χ1) is 42.5. The molecule has 0 aliphatic heterocycles. The van der Waals surface area contributed by atoms with Gasteiger partial charge < -0.3 is 90.3 Å². The molecule has 0 bridgehead atoms. The first-order valence-corrected chi connectivity index (χ1v) is 30.1. The number of rotatable bonds is 39. The van der Waals surface area contributed by atoms with Crippen LogP contribution < -0.4 is 65.1 Å². The number of nitrogens with one attached hydrogen (secondary N) is 11. The van der Waals surface area contributed by atoms with E-state index in [1.165, 1.54) is 6.92 Å². The average molecular weight is 1260 g/mol. The van der Waals surface area contributed by atoms with Crippen molar-refractivity contribution in [2.24, 2.45) is 35.0 Å². The van der Waals surface area contributed by atoms with E-state index in [9.17, 15) is 72.9 Å². The van der Waals surface area contributed by atoms with Crippen molar-refractivity contribution in [1.29, 1.82) is 0 Å². The minimum atomic E-state index is -1.88. The molecular weight excluding hydrogens is 1170 g/mol. The standard InChI is InChI=1S/C61H90N14O15/c1-31(2)22-39(63)54(83)68-43(19-20-50(77)78)56(85)71-46(24-33(5)6)59(88)74-48(27-51(79)80)60(89)69-42(18-12-13-21-62)55(84)73-47(26-36-29-66-41-17-11-9-15-38(36)41)57(86)67-34(7)53(82)75-49(30-76)61(90)72-45(23-32(3)4)58(87)70-44(52(64)81)25-35-28-65-40-16-10-8-14-37(35)40/h8-11,14-17,28-29,31-34,39,42-49,65-66,76H,12-13,18-27,30,62-63H2,1-7H3,(H2,64,81)(H,67,86)(H,68,83)(H,69,89)(H,70,87)(H,71,85)(H,72,90)(H,73,84)(H,74,88)(H,75,82)(H,77,78)(H,79,80)/t34-,39-,42-,43-,44-,45-,46-,47-,48-,49-/m0/s1. The molecule has 0 fully saturated rings. The Labute approximate surface area is 521 Å². The van der Waals surface area contributed by atoms with Crippen molar-refractivity contribution in [1.82, 2.24) is 57.8 Å². The highest BCUT2D eigenvalue weighted by molar-refractivity contribution is 6.00. The summed E-state index contributed by atoms with van der Waals surface area (Å²) in [6.07, 6.45) is 1.79. The van der Waals surface area contributed by atoms with Crippen LogP contribution in [0.15, 0.2) is 60.9 Å². The van der Waals surface area contributed by atoms with E-state index in [2.05, 4.69) is 57.8 Å². The van der Waals surface area contributed by atoms with Crippen LogP contribution in [0.3, 0.4) is 0 Å². The van der Waals surface area contributed by atoms with Crippen LogP contribution in [0.25, 0.3) is 21.8 Å². The second-order valence-electron chi connectivity index (χ2n) is 23.7. The van der Waals surface area contributed by atoms with Crippen molar-refractivity contribution in [2.45, 2.75) is 180 Å². The number of H-pyrrole nitrogens is 2. The molecule has 10 amide bonds. The number of carbonyl (C=O) groups excluding carboxylic acids is 10. The summed E-state index contributed by atoms with van der Waals surface area (Å²) in [5.74, 6) is -12.7. The second-order valence-corrected chi connectivity index (χ2v) is 23.7. The average Bonchev–Trinajstić information content (AvgIpc) is 3.75. The van der Waals surface area contributed by atoms with Gasteiger partial charge in [0.05, 0.1) is 19.1 Å². The zero-order valence-electron chi connectivity index (χ0n) is 51.9. The number of fused-ring (bicyclic) bond motifs is 2. The van der Waals surface area contributed by atoms with Crippen molar-refractivity contribution >= 4 is 92.8 Å². The van der Waals surface area contributed by atoms with Crippen LogP contribution in [0.2, 0.25) is 0 Å². The van der Waals surface area contributed by atoms with E-state index < -0.39 is 151 Å². The van der Waals surface area contributed by atoms with Gasteiger partial charge in [0.15, 0.2) is 0 Å². The minimum absolute atomic E-state index is 0.00567.